The average Bonchev–Trinajstić information content (AvgIpc) is 2.22. The number of carboxylic acids is 1. The number of carbonyl (C=O) groups excluding carboxylic acids is 1. The molecule has 0 spiro atoms. The van der Waals surface area contributed by atoms with Crippen LogP contribution < -0.4 is 5.32 Å². The predicted molar refractivity (Wildman–Crippen MR) is 71.8 cm³/mol. The first-order valence-electron chi connectivity index (χ1n) is 6.07. The van der Waals surface area contributed by atoms with Crippen molar-refractivity contribution in [2.45, 2.75) is 32.7 Å². The third kappa shape index (κ3) is 9.29. The molecule has 0 saturated carbocycles. The molecular weight excluding hydrogens is 272 g/mol. The SMILES string of the molecule is CC(C)N(CCC(=O)O)C(=O)NCCCS(C)(=O)=O. The molecule has 0 aliphatic rings. The molecule has 0 saturated heterocycles. The van der Waals surface area contributed by atoms with Crippen molar-refractivity contribution in [3.8, 4) is 0 Å². The van der Waals surface area contributed by atoms with Crippen LogP contribution >= 0.6 is 0 Å². The molecular formula is C11H22N2O5S. The van der Waals surface area contributed by atoms with Crippen LogP contribution in [0.25, 0.3) is 0 Å². The van der Waals surface area contributed by atoms with Gasteiger partial charge in [-0.15, -0.1) is 0 Å². The monoisotopic (exact) mass is 294 g/mol. The van der Waals surface area contributed by atoms with Gasteiger partial charge in [0.2, 0.25) is 0 Å². The summed E-state index contributed by atoms with van der Waals surface area (Å²) in [6, 6.07) is -0.487. The summed E-state index contributed by atoms with van der Waals surface area (Å²) in [6.45, 7) is 3.96. The molecule has 0 bridgehead atoms. The van der Waals surface area contributed by atoms with Crippen LogP contribution in [0.1, 0.15) is 26.7 Å². The summed E-state index contributed by atoms with van der Waals surface area (Å²) in [5.41, 5.74) is 0. The van der Waals surface area contributed by atoms with Gasteiger partial charge < -0.3 is 15.3 Å². The van der Waals surface area contributed by atoms with Gasteiger partial charge in [-0.2, -0.15) is 0 Å². The Morgan fingerprint density at radius 1 is 1.32 bits per heavy atom. The molecule has 0 unspecified atom stereocenters. The van der Waals surface area contributed by atoms with E-state index in [-0.39, 0.29) is 37.3 Å². The fourth-order valence-corrected chi connectivity index (χ4v) is 2.11. The molecule has 2 amide bonds. The number of sulfone groups is 1. The number of nitrogens with one attached hydrogen (secondary N) is 1. The Balaban J connectivity index is 4.15. The number of amides is 2. The Bertz CT molecular complexity index is 405. The third-order valence-corrected chi connectivity index (χ3v) is 3.45. The van der Waals surface area contributed by atoms with Crippen LogP contribution in [0.3, 0.4) is 0 Å². The molecule has 7 nitrogen and oxygen atoms in total. The number of nitrogens with zero attached hydrogens (tertiary/aromatic N) is 1. The summed E-state index contributed by atoms with van der Waals surface area (Å²) in [5.74, 6) is -0.945. The first-order valence-corrected chi connectivity index (χ1v) is 8.13. The molecule has 112 valence electrons. The third-order valence-electron chi connectivity index (χ3n) is 2.42. The summed E-state index contributed by atoms with van der Waals surface area (Å²) in [5, 5.41) is 11.2. The zero-order chi connectivity index (χ0) is 15.1. The number of aliphatic carboxylic acids is 1. The molecule has 0 heterocycles. The fraction of sp³-hybridized carbons (Fsp3) is 0.818. The molecule has 0 fully saturated rings. The van der Waals surface area contributed by atoms with E-state index < -0.39 is 15.8 Å². The second kappa shape index (κ2) is 7.98. The highest BCUT2D eigenvalue weighted by molar-refractivity contribution is 7.90. The number of hydrogen-bond acceptors (Lipinski definition) is 4. The first kappa shape index (κ1) is 17.7. The number of rotatable bonds is 8. The van der Waals surface area contributed by atoms with E-state index in [1.807, 2.05) is 0 Å². The molecule has 0 aromatic heterocycles. The predicted octanol–water partition coefficient (Wildman–Crippen LogP) is 0.316. The van der Waals surface area contributed by atoms with E-state index >= 15 is 0 Å². The van der Waals surface area contributed by atoms with Gasteiger partial charge in [-0.05, 0) is 20.3 Å². The number of carbonyl (C=O) groups is 2. The Morgan fingerprint density at radius 3 is 2.32 bits per heavy atom. The van der Waals surface area contributed by atoms with E-state index in [1.54, 1.807) is 13.8 Å². The van der Waals surface area contributed by atoms with Gasteiger partial charge in [0.05, 0.1) is 12.2 Å². The Morgan fingerprint density at radius 2 is 1.89 bits per heavy atom. The number of carboxylic acid groups (broad SMARTS) is 1. The quantitative estimate of drug-likeness (QED) is 0.627. The molecule has 0 aromatic rings. The van der Waals surface area contributed by atoms with Crippen LogP contribution in [0.5, 0.6) is 0 Å². The second-order valence-electron chi connectivity index (χ2n) is 4.65. The molecule has 0 atom stereocenters. The van der Waals surface area contributed by atoms with Crippen LogP contribution in [0.2, 0.25) is 0 Å². The molecule has 0 radical (unpaired) electrons. The molecule has 0 rings (SSSR count). The Hall–Kier alpha value is -1.31. The van der Waals surface area contributed by atoms with Crippen LogP contribution in [-0.4, -0.2) is 61.6 Å². The van der Waals surface area contributed by atoms with Crippen molar-refractivity contribution in [2.75, 3.05) is 25.1 Å². The maximum Gasteiger partial charge on any atom is 0.317 e. The lowest BCUT2D eigenvalue weighted by Crippen LogP contribution is -2.45. The highest BCUT2D eigenvalue weighted by Crippen LogP contribution is 2.01. The highest BCUT2D eigenvalue weighted by Gasteiger charge is 2.17. The summed E-state index contributed by atoms with van der Waals surface area (Å²) in [6.07, 6.45) is 1.37. The largest absolute Gasteiger partial charge is 0.481 e. The molecule has 19 heavy (non-hydrogen) atoms. The minimum absolute atomic E-state index is 0.0179. The van der Waals surface area contributed by atoms with Gasteiger partial charge in [-0.3, -0.25) is 4.79 Å². The standard InChI is InChI=1S/C11H22N2O5S/c1-9(2)13(7-5-10(14)15)11(16)12-6-4-8-19(3,17)18/h9H,4-8H2,1-3H3,(H,12,16)(H,14,15). The van der Waals surface area contributed by atoms with Crippen LogP contribution in [-0.2, 0) is 14.6 Å². The maximum absolute atomic E-state index is 11.8. The van der Waals surface area contributed by atoms with E-state index in [0.717, 1.165) is 6.26 Å². The van der Waals surface area contributed by atoms with Crippen LogP contribution in [0.15, 0.2) is 0 Å². The van der Waals surface area contributed by atoms with E-state index in [9.17, 15) is 18.0 Å². The summed E-state index contributed by atoms with van der Waals surface area (Å²) >= 11 is 0. The van der Waals surface area contributed by atoms with E-state index in [2.05, 4.69) is 5.32 Å². The summed E-state index contributed by atoms with van der Waals surface area (Å²) in [7, 11) is -3.02. The molecule has 2 N–H and O–H groups in total. The van der Waals surface area contributed by atoms with E-state index in [0.29, 0.717) is 6.42 Å². The maximum atomic E-state index is 11.8. The lowest BCUT2D eigenvalue weighted by Gasteiger charge is -2.26. The second-order valence-corrected chi connectivity index (χ2v) is 6.91. The van der Waals surface area contributed by atoms with Crippen molar-refractivity contribution in [1.82, 2.24) is 10.2 Å². The van der Waals surface area contributed by atoms with Crippen molar-refractivity contribution in [3.05, 3.63) is 0 Å². The van der Waals surface area contributed by atoms with Gasteiger partial charge in [0.25, 0.3) is 0 Å². The molecule has 0 aromatic carbocycles. The molecule has 0 aliphatic heterocycles. The van der Waals surface area contributed by atoms with Gasteiger partial charge in [-0.25, -0.2) is 13.2 Å². The normalized spacial score (nSPS) is 11.4. The van der Waals surface area contributed by atoms with Gasteiger partial charge in [0, 0.05) is 25.4 Å². The number of urea groups is 1. The topological polar surface area (TPSA) is 104 Å². The Labute approximate surface area is 113 Å². The van der Waals surface area contributed by atoms with Crippen molar-refractivity contribution in [3.63, 3.8) is 0 Å². The van der Waals surface area contributed by atoms with E-state index in [4.69, 9.17) is 5.11 Å². The lowest BCUT2D eigenvalue weighted by atomic mass is 10.3. The molecule has 0 aliphatic carbocycles. The van der Waals surface area contributed by atoms with Crippen LogP contribution in [0.4, 0.5) is 4.79 Å². The van der Waals surface area contributed by atoms with E-state index in [1.165, 1.54) is 4.90 Å². The first-order chi connectivity index (χ1) is 8.63. The summed E-state index contributed by atoms with van der Waals surface area (Å²) < 4.78 is 21.8. The minimum atomic E-state index is -3.02. The highest BCUT2D eigenvalue weighted by atomic mass is 32.2. The fourth-order valence-electron chi connectivity index (χ4n) is 1.44. The van der Waals surface area contributed by atoms with Gasteiger partial charge in [0.15, 0.2) is 0 Å². The van der Waals surface area contributed by atoms with Crippen molar-refractivity contribution < 1.29 is 23.1 Å². The minimum Gasteiger partial charge on any atom is -0.481 e. The van der Waals surface area contributed by atoms with Gasteiger partial charge in [0.1, 0.15) is 9.84 Å². The van der Waals surface area contributed by atoms with Crippen molar-refractivity contribution >= 4 is 21.8 Å². The van der Waals surface area contributed by atoms with Gasteiger partial charge >= 0.3 is 12.0 Å². The molecule has 8 heteroatoms. The van der Waals surface area contributed by atoms with Crippen molar-refractivity contribution in [1.29, 1.82) is 0 Å². The zero-order valence-electron chi connectivity index (χ0n) is 11.5. The number of hydrogen-bond donors (Lipinski definition) is 2. The Kier molecular flexibility index (Phi) is 7.43. The zero-order valence-corrected chi connectivity index (χ0v) is 12.4. The lowest BCUT2D eigenvalue weighted by molar-refractivity contribution is -0.137. The van der Waals surface area contributed by atoms with Gasteiger partial charge in [-0.1, -0.05) is 0 Å². The summed E-state index contributed by atoms with van der Waals surface area (Å²) in [4.78, 5) is 23.7. The van der Waals surface area contributed by atoms with Crippen molar-refractivity contribution in [2.24, 2.45) is 0 Å². The average molecular weight is 294 g/mol. The van der Waals surface area contributed by atoms with Crippen LogP contribution in [0, 0.1) is 0 Å². The smallest absolute Gasteiger partial charge is 0.317 e.